The number of hydrogen-bond acceptors (Lipinski definition) is 2. The zero-order valence-electron chi connectivity index (χ0n) is 7.29. The molecule has 1 fully saturated rings. The molecule has 2 rings (SSSR count). The molecule has 0 saturated heterocycles. The highest BCUT2D eigenvalue weighted by atomic mass is 32.1. The van der Waals surface area contributed by atoms with E-state index in [4.69, 9.17) is 0 Å². The van der Waals surface area contributed by atoms with E-state index in [1.807, 2.05) is 6.07 Å². The van der Waals surface area contributed by atoms with Gasteiger partial charge in [-0.3, -0.25) is 0 Å². The molecule has 66 valence electrons. The Bertz CT molecular complexity index is 255. The summed E-state index contributed by atoms with van der Waals surface area (Å²) in [5, 5.41) is 12.0. The molecule has 0 spiro atoms. The van der Waals surface area contributed by atoms with E-state index in [-0.39, 0.29) is 5.60 Å². The molecule has 2 heteroatoms. The fourth-order valence-electron chi connectivity index (χ4n) is 1.82. The van der Waals surface area contributed by atoms with Gasteiger partial charge in [0.05, 0.1) is 5.60 Å². The normalized spacial score (nSPS) is 33.7. The number of thiophene rings is 1. The molecule has 1 heterocycles. The van der Waals surface area contributed by atoms with Crippen molar-refractivity contribution in [2.45, 2.75) is 31.8 Å². The van der Waals surface area contributed by atoms with Gasteiger partial charge in [0.2, 0.25) is 0 Å². The molecule has 0 aliphatic heterocycles. The first-order valence-corrected chi connectivity index (χ1v) is 5.37. The third kappa shape index (κ3) is 1.41. The topological polar surface area (TPSA) is 20.2 Å². The molecule has 0 bridgehead atoms. The van der Waals surface area contributed by atoms with Gasteiger partial charge in [-0.1, -0.05) is 19.4 Å². The van der Waals surface area contributed by atoms with E-state index in [2.05, 4.69) is 18.4 Å². The summed E-state index contributed by atoms with van der Waals surface area (Å²) in [5.41, 5.74) is -0.348. The van der Waals surface area contributed by atoms with Gasteiger partial charge in [0, 0.05) is 11.3 Å². The van der Waals surface area contributed by atoms with Crippen molar-refractivity contribution in [3.63, 3.8) is 0 Å². The lowest BCUT2D eigenvalue weighted by molar-refractivity contribution is 0.131. The van der Waals surface area contributed by atoms with Crippen LogP contribution in [0.2, 0.25) is 0 Å². The standard InChI is InChI=1S/C10H14OS/c1-2-8-6-10(8,11)7-9-4-3-5-12-9/h3-5,8,11H,2,6-7H2,1H3. The van der Waals surface area contributed by atoms with Gasteiger partial charge in [0.25, 0.3) is 0 Å². The van der Waals surface area contributed by atoms with Gasteiger partial charge in [-0.05, 0) is 23.8 Å². The van der Waals surface area contributed by atoms with Gasteiger partial charge in [0.15, 0.2) is 0 Å². The van der Waals surface area contributed by atoms with E-state index in [0.29, 0.717) is 5.92 Å². The summed E-state index contributed by atoms with van der Waals surface area (Å²) in [5.74, 6) is 0.555. The second-order valence-corrected chi connectivity index (χ2v) is 4.70. The van der Waals surface area contributed by atoms with Crippen LogP contribution in [0, 0.1) is 5.92 Å². The van der Waals surface area contributed by atoms with Gasteiger partial charge in [-0.2, -0.15) is 0 Å². The average Bonchev–Trinajstić information content (AvgIpc) is 2.48. The van der Waals surface area contributed by atoms with E-state index in [1.54, 1.807) is 11.3 Å². The van der Waals surface area contributed by atoms with Crippen LogP contribution in [0.4, 0.5) is 0 Å². The summed E-state index contributed by atoms with van der Waals surface area (Å²) in [4.78, 5) is 1.31. The van der Waals surface area contributed by atoms with Crippen LogP contribution in [0.1, 0.15) is 24.6 Å². The SMILES string of the molecule is CCC1CC1(O)Cc1cccs1. The Hall–Kier alpha value is -0.340. The molecule has 0 aromatic carbocycles. The number of aliphatic hydroxyl groups is 1. The van der Waals surface area contributed by atoms with Gasteiger partial charge in [-0.25, -0.2) is 0 Å². The monoisotopic (exact) mass is 182 g/mol. The van der Waals surface area contributed by atoms with E-state index in [9.17, 15) is 5.11 Å². The maximum absolute atomic E-state index is 9.97. The first-order chi connectivity index (χ1) is 5.74. The summed E-state index contributed by atoms with van der Waals surface area (Å²) >= 11 is 1.74. The molecule has 1 aromatic heterocycles. The molecule has 1 aliphatic rings. The smallest absolute Gasteiger partial charge is 0.0728 e. The first kappa shape index (κ1) is 8.27. The Kier molecular flexibility index (Phi) is 1.97. The quantitative estimate of drug-likeness (QED) is 0.761. The summed E-state index contributed by atoms with van der Waals surface area (Å²) in [6, 6.07) is 4.15. The molecule has 1 N–H and O–H groups in total. The van der Waals surface area contributed by atoms with E-state index < -0.39 is 0 Å². The van der Waals surface area contributed by atoms with Gasteiger partial charge < -0.3 is 5.11 Å². The summed E-state index contributed by atoms with van der Waals surface area (Å²) in [7, 11) is 0. The highest BCUT2D eigenvalue weighted by Crippen LogP contribution is 2.48. The molecule has 1 aromatic rings. The third-order valence-corrected chi connectivity index (χ3v) is 3.63. The number of rotatable bonds is 3. The number of hydrogen-bond donors (Lipinski definition) is 1. The van der Waals surface area contributed by atoms with Crippen molar-refractivity contribution in [1.29, 1.82) is 0 Å². The molecular formula is C10H14OS. The van der Waals surface area contributed by atoms with Crippen LogP contribution in [-0.4, -0.2) is 10.7 Å². The van der Waals surface area contributed by atoms with Crippen LogP contribution >= 0.6 is 11.3 Å². The fraction of sp³-hybridized carbons (Fsp3) is 0.600. The van der Waals surface area contributed by atoms with Gasteiger partial charge in [-0.15, -0.1) is 11.3 Å². The third-order valence-electron chi connectivity index (χ3n) is 2.75. The van der Waals surface area contributed by atoms with Gasteiger partial charge in [0.1, 0.15) is 0 Å². The second kappa shape index (κ2) is 2.86. The largest absolute Gasteiger partial charge is 0.389 e. The van der Waals surface area contributed by atoms with Crippen LogP contribution < -0.4 is 0 Å². The minimum absolute atomic E-state index is 0.348. The Balaban J connectivity index is 1.97. The van der Waals surface area contributed by atoms with Crippen molar-refractivity contribution in [3.8, 4) is 0 Å². The van der Waals surface area contributed by atoms with Crippen molar-refractivity contribution < 1.29 is 5.11 Å². The van der Waals surface area contributed by atoms with Crippen LogP contribution in [0.3, 0.4) is 0 Å². The average molecular weight is 182 g/mol. The van der Waals surface area contributed by atoms with E-state index >= 15 is 0 Å². The molecule has 1 saturated carbocycles. The summed E-state index contributed by atoms with van der Waals surface area (Å²) < 4.78 is 0. The van der Waals surface area contributed by atoms with Crippen LogP contribution in [-0.2, 0) is 6.42 Å². The Morgan fingerprint density at radius 3 is 3.08 bits per heavy atom. The lowest BCUT2D eigenvalue weighted by Crippen LogP contribution is -2.13. The molecular weight excluding hydrogens is 168 g/mol. The summed E-state index contributed by atoms with van der Waals surface area (Å²) in [6.07, 6.45) is 2.98. The highest BCUT2D eigenvalue weighted by molar-refractivity contribution is 7.09. The lowest BCUT2D eigenvalue weighted by Gasteiger charge is -2.06. The van der Waals surface area contributed by atoms with E-state index in [0.717, 1.165) is 19.3 Å². The van der Waals surface area contributed by atoms with Crippen LogP contribution in [0.15, 0.2) is 17.5 Å². The zero-order valence-corrected chi connectivity index (χ0v) is 8.10. The molecule has 2 unspecified atom stereocenters. The van der Waals surface area contributed by atoms with E-state index in [1.165, 1.54) is 4.88 Å². The van der Waals surface area contributed by atoms with Crippen molar-refractivity contribution in [2.24, 2.45) is 5.92 Å². The zero-order chi connectivity index (χ0) is 8.60. The Morgan fingerprint density at radius 1 is 1.75 bits per heavy atom. The van der Waals surface area contributed by atoms with Crippen molar-refractivity contribution >= 4 is 11.3 Å². The minimum Gasteiger partial charge on any atom is -0.389 e. The maximum Gasteiger partial charge on any atom is 0.0728 e. The fourth-order valence-corrected chi connectivity index (χ4v) is 2.65. The Labute approximate surface area is 77.0 Å². The van der Waals surface area contributed by atoms with Crippen LogP contribution in [0.25, 0.3) is 0 Å². The first-order valence-electron chi connectivity index (χ1n) is 4.49. The second-order valence-electron chi connectivity index (χ2n) is 3.67. The molecule has 0 amide bonds. The van der Waals surface area contributed by atoms with Crippen molar-refractivity contribution in [2.75, 3.05) is 0 Å². The minimum atomic E-state index is -0.348. The molecule has 12 heavy (non-hydrogen) atoms. The van der Waals surface area contributed by atoms with Crippen LogP contribution in [0.5, 0.6) is 0 Å². The van der Waals surface area contributed by atoms with Crippen molar-refractivity contribution in [1.82, 2.24) is 0 Å². The summed E-state index contributed by atoms with van der Waals surface area (Å²) in [6.45, 7) is 2.15. The molecule has 1 nitrogen and oxygen atoms in total. The molecule has 2 atom stereocenters. The Morgan fingerprint density at radius 2 is 2.58 bits per heavy atom. The maximum atomic E-state index is 9.97. The predicted molar refractivity (Wildman–Crippen MR) is 51.4 cm³/mol. The van der Waals surface area contributed by atoms with Crippen molar-refractivity contribution in [3.05, 3.63) is 22.4 Å². The molecule has 0 radical (unpaired) electrons. The highest BCUT2D eigenvalue weighted by Gasteiger charge is 2.51. The lowest BCUT2D eigenvalue weighted by atomic mass is 10.1. The molecule has 1 aliphatic carbocycles. The van der Waals surface area contributed by atoms with Gasteiger partial charge >= 0.3 is 0 Å². The predicted octanol–water partition coefficient (Wildman–Crippen LogP) is 2.45.